The fourth-order valence-corrected chi connectivity index (χ4v) is 3.71. The Kier molecular flexibility index (Phi) is 3.97. The van der Waals surface area contributed by atoms with Crippen molar-refractivity contribution in [2.75, 3.05) is 6.61 Å². The van der Waals surface area contributed by atoms with E-state index in [-0.39, 0.29) is 17.6 Å². The Labute approximate surface area is 128 Å². The molecule has 0 amide bonds. The van der Waals surface area contributed by atoms with Crippen molar-refractivity contribution in [3.05, 3.63) is 45.6 Å². The highest BCUT2D eigenvalue weighted by atomic mass is 79.9. The molecule has 1 aromatic carbocycles. The van der Waals surface area contributed by atoms with Crippen LogP contribution in [0.5, 0.6) is 0 Å². The standard InChI is InChI=1S/C17H19BrO2/c1-2-4-13-15(11-6-8-12(18)9-7-11)14-5-3-10-20-17(14)16(13)19/h6-9,13,15H,2-5,10H2,1H3/t13-,15-/m1/s1. The van der Waals surface area contributed by atoms with Crippen LogP contribution in [0.15, 0.2) is 40.1 Å². The van der Waals surface area contributed by atoms with Gasteiger partial charge in [0.25, 0.3) is 0 Å². The molecule has 0 saturated carbocycles. The van der Waals surface area contributed by atoms with Gasteiger partial charge in [-0.05, 0) is 42.5 Å². The fraction of sp³-hybridized carbons (Fsp3) is 0.471. The number of ether oxygens (including phenoxy) is 1. The second-order valence-corrected chi connectivity index (χ2v) is 6.51. The van der Waals surface area contributed by atoms with Crippen LogP contribution in [0.2, 0.25) is 0 Å². The van der Waals surface area contributed by atoms with Gasteiger partial charge in [0.15, 0.2) is 5.76 Å². The lowest BCUT2D eigenvalue weighted by Gasteiger charge is -2.22. The number of rotatable bonds is 3. The molecule has 0 radical (unpaired) electrons. The van der Waals surface area contributed by atoms with E-state index < -0.39 is 0 Å². The van der Waals surface area contributed by atoms with Gasteiger partial charge in [-0.2, -0.15) is 0 Å². The molecule has 0 aromatic heterocycles. The first kappa shape index (κ1) is 13.9. The van der Waals surface area contributed by atoms with Gasteiger partial charge in [0.2, 0.25) is 5.78 Å². The molecule has 106 valence electrons. The molecule has 1 aliphatic heterocycles. The van der Waals surface area contributed by atoms with Crippen molar-refractivity contribution in [1.29, 1.82) is 0 Å². The van der Waals surface area contributed by atoms with Crippen LogP contribution in [0.3, 0.4) is 0 Å². The van der Waals surface area contributed by atoms with Gasteiger partial charge >= 0.3 is 0 Å². The molecule has 0 bridgehead atoms. The van der Waals surface area contributed by atoms with Crippen molar-refractivity contribution in [1.82, 2.24) is 0 Å². The normalized spacial score (nSPS) is 25.6. The maximum absolute atomic E-state index is 12.6. The van der Waals surface area contributed by atoms with E-state index in [0.29, 0.717) is 12.4 Å². The molecule has 0 spiro atoms. The Morgan fingerprint density at radius 3 is 2.75 bits per heavy atom. The zero-order valence-corrected chi connectivity index (χ0v) is 13.3. The number of carbonyl (C=O) groups excluding carboxylic acids is 1. The summed E-state index contributed by atoms with van der Waals surface area (Å²) in [4.78, 5) is 12.6. The fourth-order valence-electron chi connectivity index (χ4n) is 3.44. The Bertz CT molecular complexity index is 545. The van der Waals surface area contributed by atoms with Gasteiger partial charge in [-0.1, -0.05) is 41.4 Å². The third-order valence-corrected chi connectivity index (χ3v) is 4.82. The van der Waals surface area contributed by atoms with Crippen molar-refractivity contribution in [3.63, 3.8) is 0 Å². The Balaban J connectivity index is 2.01. The summed E-state index contributed by atoms with van der Waals surface area (Å²) in [7, 11) is 0. The number of ketones is 1. The van der Waals surface area contributed by atoms with Gasteiger partial charge < -0.3 is 4.74 Å². The van der Waals surface area contributed by atoms with Crippen LogP contribution >= 0.6 is 15.9 Å². The Hall–Kier alpha value is -1.09. The average Bonchev–Trinajstić information content (AvgIpc) is 2.74. The lowest BCUT2D eigenvalue weighted by Crippen LogP contribution is -2.17. The summed E-state index contributed by atoms with van der Waals surface area (Å²) < 4.78 is 6.76. The van der Waals surface area contributed by atoms with Gasteiger partial charge in [-0.15, -0.1) is 0 Å². The third kappa shape index (κ3) is 2.32. The highest BCUT2D eigenvalue weighted by Crippen LogP contribution is 2.47. The van der Waals surface area contributed by atoms with Crippen molar-refractivity contribution in [2.45, 2.75) is 38.5 Å². The SMILES string of the molecule is CCC[C@H]1C(=O)C2=C(CCCO2)[C@@H]1c1ccc(Br)cc1. The molecule has 1 heterocycles. The predicted octanol–water partition coefficient (Wildman–Crippen LogP) is 4.60. The smallest absolute Gasteiger partial charge is 0.201 e. The molecular formula is C17H19BrO2. The first-order valence-electron chi connectivity index (χ1n) is 7.38. The van der Waals surface area contributed by atoms with Gasteiger partial charge in [-0.3, -0.25) is 4.79 Å². The molecule has 1 aliphatic carbocycles. The molecule has 2 atom stereocenters. The van der Waals surface area contributed by atoms with E-state index in [1.807, 2.05) is 0 Å². The molecule has 0 saturated heterocycles. The zero-order chi connectivity index (χ0) is 14.1. The van der Waals surface area contributed by atoms with Crippen LogP contribution in [-0.4, -0.2) is 12.4 Å². The topological polar surface area (TPSA) is 26.3 Å². The first-order valence-corrected chi connectivity index (χ1v) is 8.17. The predicted molar refractivity (Wildman–Crippen MR) is 82.5 cm³/mol. The summed E-state index contributed by atoms with van der Waals surface area (Å²) in [6.07, 6.45) is 4.00. The Morgan fingerprint density at radius 2 is 2.05 bits per heavy atom. The van der Waals surface area contributed by atoms with Crippen molar-refractivity contribution in [2.24, 2.45) is 5.92 Å². The van der Waals surface area contributed by atoms with E-state index in [2.05, 4.69) is 47.1 Å². The number of halogens is 1. The van der Waals surface area contributed by atoms with Crippen molar-refractivity contribution >= 4 is 21.7 Å². The van der Waals surface area contributed by atoms with Crippen LogP contribution in [-0.2, 0) is 9.53 Å². The van der Waals surface area contributed by atoms with Crippen molar-refractivity contribution < 1.29 is 9.53 Å². The lowest BCUT2D eigenvalue weighted by molar-refractivity contribution is -0.122. The minimum atomic E-state index is 0.0734. The van der Waals surface area contributed by atoms with Gasteiger partial charge in [0.05, 0.1) is 6.61 Å². The largest absolute Gasteiger partial charge is 0.490 e. The van der Waals surface area contributed by atoms with E-state index in [4.69, 9.17) is 4.74 Å². The average molecular weight is 335 g/mol. The summed E-state index contributed by atoms with van der Waals surface area (Å²) >= 11 is 3.48. The van der Waals surface area contributed by atoms with E-state index in [1.54, 1.807) is 0 Å². The van der Waals surface area contributed by atoms with Crippen LogP contribution in [0.25, 0.3) is 0 Å². The minimum Gasteiger partial charge on any atom is -0.490 e. The number of hydrogen-bond donors (Lipinski definition) is 0. The first-order chi connectivity index (χ1) is 9.72. The van der Waals surface area contributed by atoms with Gasteiger partial charge in [-0.25, -0.2) is 0 Å². The minimum absolute atomic E-state index is 0.0734. The molecule has 2 aliphatic rings. The van der Waals surface area contributed by atoms with Gasteiger partial charge in [0, 0.05) is 16.3 Å². The number of carbonyl (C=O) groups is 1. The molecule has 1 aromatic rings. The summed E-state index contributed by atoms with van der Waals surface area (Å²) in [6.45, 7) is 2.83. The third-order valence-electron chi connectivity index (χ3n) is 4.30. The molecule has 0 fully saturated rings. The van der Waals surface area contributed by atoms with E-state index >= 15 is 0 Å². The second-order valence-electron chi connectivity index (χ2n) is 5.60. The second kappa shape index (κ2) is 5.72. The van der Waals surface area contributed by atoms with Crippen LogP contribution < -0.4 is 0 Å². The molecule has 0 unspecified atom stereocenters. The molecule has 3 rings (SSSR count). The Morgan fingerprint density at radius 1 is 1.30 bits per heavy atom. The van der Waals surface area contributed by atoms with Gasteiger partial charge in [0.1, 0.15) is 0 Å². The lowest BCUT2D eigenvalue weighted by atomic mass is 9.81. The summed E-state index contributed by atoms with van der Waals surface area (Å²) in [5, 5.41) is 0. The quantitative estimate of drug-likeness (QED) is 0.807. The molecule has 3 heteroatoms. The number of hydrogen-bond acceptors (Lipinski definition) is 2. The van der Waals surface area contributed by atoms with Crippen LogP contribution in [0.4, 0.5) is 0 Å². The maximum Gasteiger partial charge on any atom is 0.201 e. The highest BCUT2D eigenvalue weighted by molar-refractivity contribution is 9.10. The van der Waals surface area contributed by atoms with Crippen LogP contribution in [0, 0.1) is 5.92 Å². The van der Waals surface area contributed by atoms with E-state index in [9.17, 15) is 4.79 Å². The molecular weight excluding hydrogens is 316 g/mol. The molecule has 20 heavy (non-hydrogen) atoms. The maximum atomic E-state index is 12.6. The number of allylic oxidation sites excluding steroid dienone is 2. The summed E-state index contributed by atoms with van der Waals surface area (Å²) in [5.74, 6) is 1.22. The molecule has 2 nitrogen and oxygen atoms in total. The number of benzene rings is 1. The summed E-state index contributed by atoms with van der Waals surface area (Å²) in [5.41, 5.74) is 2.48. The monoisotopic (exact) mass is 334 g/mol. The number of Topliss-reactive ketones (excluding diaryl/α,β-unsaturated/α-hetero) is 1. The summed E-state index contributed by atoms with van der Waals surface area (Å²) in [6, 6.07) is 8.39. The highest BCUT2D eigenvalue weighted by Gasteiger charge is 2.43. The van der Waals surface area contributed by atoms with E-state index in [0.717, 1.165) is 30.2 Å². The zero-order valence-electron chi connectivity index (χ0n) is 11.7. The molecule has 0 N–H and O–H groups in total. The van der Waals surface area contributed by atoms with Crippen LogP contribution in [0.1, 0.15) is 44.1 Å². The van der Waals surface area contributed by atoms with E-state index in [1.165, 1.54) is 11.1 Å². The van der Waals surface area contributed by atoms with Crippen molar-refractivity contribution in [3.8, 4) is 0 Å².